The van der Waals surface area contributed by atoms with E-state index in [1.165, 1.54) is 37.0 Å². The van der Waals surface area contributed by atoms with Crippen molar-refractivity contribution >= 4 is 29.4 Å². The molecule has 0 N–H and O–H groups in total. The molecule has 11 nitrogen and oxygen atoms in total. The molecule has 3 aromatic carbocycles. The maximum absolute atomic E-state index is 14.3. The number of carbonyl (C=O) groups is 2. The highest BCUT2D eigenvalue weighted by Crippen LogP contribution is 2.36. The average Bonchev–Trinajstić information content (AvgIpc) is 3.65. The molecule has 1 aliphatic rings. The lowest BCUT2D eigenvalue weighted by molar-refractivity contribution is -0.136. The summed E-state index contributed by atoms with van der Waals surface area (Å²) in [4.78, 5) is 44.2. The standard InChI is InChI=1S/C36H32N4O7S/c1-6-46-27-15-12-23(13-16-27)32-25(20-39(38-32)26-10-8-7-9-11-26)19-30-34(42)40-33(31(35(43)45-5)21(2)37-36(40)48-30)24-14-17-28(47-22(3)41)29(18-24)44-4/h7-20,33H,6H2,1-5H3/b30-19-/t33-/m0/s1. The average molecular weight is 665 g/mol. The van der Waals surface area contributed by atoms with Crippen LogP contribution in [0.5, 0.6) is 17.2 Å². The number of fused-ring (bicyclic) bond motifs is 1. The zero-order valence-corrected chi connectivity index (χ0v) is 27.7. The fourth-order valence-corrected chi connectivity index (χ4v) is 6.59. The third-order valence-corrected chi connectivity index (χ3v) is 8.66. The molecule has 0 aliphatic carbocycles. The second-order valence-electron chi connectivity index (χ2n) is 10.7. The van der Waals surface area contributed by atoms with E-state index < -0.39 is 18.0 Å². The van der Waals surface area contributed by atoms with Gasteiger partial charge in [0.25, 0.3) is 5.56 Å². The van der Waals surface area contributed by atoms with Gasteiger partial charge in [-0.1, -0.05) is 35.6 Å². The Hall–Kier alpha value is -5.75. The van der Waals surface area contributed by atoms with Gasteiger partial charge < -0.3 is 18.9 Å². The Morgan fingerprint density at radius 1 is 1.00 bits per heavy atom. The molecule has 1 atom stereocenters. The molecule has 5 aromatic rings. The number of methoxy groups -OCH3 is 2. The van der Waals surface area contributed by atoms with E-state index in [0.717, 1.165) is 17.0 Å². The van der Waals surface area contributed by atoms with Crippen molar-refractivity contribution in [3.05, 3.63) is 121 Å². The summed E-state index contributed by atoms with van der Waals surface area (Å²) in [6.45, 7) is 5.47. The molecule has 244 valence electrons. The Labute approximate surface area is 279 Å². The minimum absolute atomic E-state index is 0.200. The summed E-state index contributed by atoms with van der Waals surface area (Å²) in [6, 6.07) is 21.3. The van der Waals surface area contributed by atoms with Gasteiger partial charge in [-0.15, -0.1) is 0 Å². The monoisotopic (exact) mass is 664 g/mol. The molecule has 2 aromatic heterocycles. The van der Waals surface area contributed by atoms with Gasteiger partial charge in [0.2, 0.25) is 0 Å². The van der Waals surface area contributed by atoms with E-state index in [2.05, 4.69) is 4.99 Å². The first-order valence-electron chi connectivity index (χ1n) is 15.1. The smallest absolute Gasteiger partial charge is 0.338 e. The van der Waals surface area contributed by atoms with Crippen LogP contribution in [0.3, 0.4) is 0 Å². The van der Waals surface area contributed by atoms with Crippen molar-refractivity contribution in [2.24, 2.45) is 4.99 Å². The van der Waals surface area contributed by atoms with Crippen LogP contribution in [0.2, 0.25) is 0 Å². The van der Waals surface area contributed by atoms with Crippen LogP contribution >= 0.6 is 11.3 Å². The summed E-state index contributed by atoms with van der Waals surface area (Å²) in [5.74, 6) is 0.0735. The number of ether oxygens (including phenoxy) is 4. The summed E-state index contributed by atoms with van der Waals surface area (Å²) in [5.41, 5.74) is 3.87. The molecule has 6 rings (SSSR count). The highest BCUT2D eigenvalue weighted by Gasteiger charge is 2.34. The molecule has 1 aliphatic heterocycles. The highest BCUT2D eigenvalue weighted by atomic mass is 32.1. The highest BCUT2D eigenvalue weighted by molar-refractivity contribution is 7.07. The zero-order valence-electron chi connectivity index (χ0n) is 26.9. The van der Waals surface area contributed by atoms with Crippen molar-refractivity contribution < 1.29 is 28.5 Å². The molecule has 0 bridgehead atoms. The van der Waals surface area contributed by atoms with Crippen molar-refractivity contribution in [2.75, 3.05) is 20.8 Å². The lowest BCUT2D eigenvalue weighted by atomic mass is 9.95. The summed E-state index contributed by atoms with van der Waals surface area (Å²) >= 11 is 1.20. The van der Waals surface area contributed by atoms with Gasteiger partial charge in [0, 0.05) is 24.2 Å². The molecule has 0 saturated carbocycles. The lowest BCUT2D eigenvalue weighted by Gasteiger charge is -2.25. The number of carbonyl (C=O) groups excluding carboxylic acids is 2. The van der Waals surface area contributed by atoms with Gasteiger partial charge in [0.15, 0.2) is 16.3 Å². The number of hydrogen-bond donors (Lipinski definition) is 0. The first-order valence-corrected chi connectivity index (χ1v) is 15.9. The summed E-state index contributed by atoms with van der Waals surface area (Å²) < 4.78 is 25.2. The van der Waals surface area contributed by atoms with Crippen LogP contribution in [0.4, 0.5) is 0 Å². The Morgan fingerprint density at radius 2 is 1.75 bits per heavy atom. The molecule has 3 heterocycles. The summed E-state index contributed by atoms with van der Waals surface area (Å²) in [6.07, 6.45) is 3.67. The zero-order chi connectivity index (χ0) is 33.9. The first-order chi connectivity index (χ1) is 23.2. The van der Waals surface area contributed by atoms with Crippen LogP contribution < -0.4 is 29.1 Å². The van der Waals surface area contributed by atoms with Gasteiger partial charge in [-0.25, -0.2) is 14.5 Å². The van der Waals surface area contributed by atoms with E-state index in [9.17, 15) is 14.4 Å². The number of thiazole rings is 1. The van der Waals surface area contributed by atoms with E-state index in [1.807, 2.05) is 67.7 Å². The van der Waals surface area contributed by atoms with Crippen molar-refractivity contribution in [3.63, 3.8) is 0 Å². The first kappa shape index (κ1) is 32.2. The number of allylic oxidation sites excluding steroid dienone is 1. The van der Waals surface area contributed by atoms with Crippen LogP contribution in [0.25, 0.3) is 23.0 Å². The van der Waals surface area contributed by atoms with Gasteiger partial charge in [-0.3, -0.25) is 14.2 Å². The largest absolute Gasteiger partial charge is 0.494 e. The van der Waals surface area contributed by atoms with E-state index in [4.69, 9.17) is 24.0 Å². The van der Waals surface area contributed by atoms with Crippen molar-refractivity contribution in [1.82, 2.24) is 14.3 Å². The second kappa shape index (κ2) is 13.5. The summed E-state index contributed by atoms with van der Waals surface area (Å²) in [5, 5.41) is 4.90. The molecule has 0 saturated heterocycles. The summed E-state index contributed by atoms with van der Waals surface area (Å²) in [7, 11) is 2.72. The molecule has 0 spiro atoms. The number of nitrogens with zero attached hydrogens (tertiary/aromatic N) is 4. The van der Waals surface area contributed by atoms with Gasteiger partial charge in [0.1, 0.15) is 11.4 Å². The van der Waals surface area contributed by atoms with Crippen LogP contribution in [0.15, 0.2) is 100 Å². The number of aromatic nitrogens is 3. The van der Waals surface area contributed by atoms with Crippen LogP contribution in [0.1, 0.15) is 37.9 Å². The van der Waals surface area contributed by atoms with Crippen molar-refractivity contribution in [3.8, 4) is 34.2 Å². The number of esters is 2. The molecular weight excluding hydrogens is 632 g/mol. The predicted molar refractivity (Wildman–Crippen MR) is 180 cm³/mol. The normalized spacial score (nSPS) is 14.3. The van der Waals surface area contributed by atoms with Gasteiger partial charge in [-0.2, -0.15) is 5.10 Å². The predicted octanol–water partition coefficient (Wildman–Crippen LogP) is 4.59. The van der Waals surface area contributed by atoms with E-state index in [1.54, 1.807) is 35.9 Å². The number of hydrogen-bond acceptors (Lipinski definition) is 10. The van der Waals surface area contributed by atoms with Gasteiger partial charge in [0.05, 0.1) is 48.4 Å². The number of para-hydroxylation sites is 1. The third kappa shape index (κ3) is 6.17. The fourth-order valence-electron chi connectivity index (χ4n) is 5.55. The molecular formula is C36H32N4O7S. The van der Waals surface area contributed by atoms with Crippen LogP contribution in [-0.2, 0) is 14.3 Å². The molecule has 48 heavy (non-hydrogen) atoms. The second-order valence-corrected chi connectivity index (χ2v) is 11.8. The van der Waals surface area contributed by atoms with Gasteiger partial charge in [-0.05, 0) is 74.0 Å². The van der Waals surface area contributed by atoms with Crippen molar-refractivity contribution in [1.29, 1.82) is 0 Å². The maximum Gasteiger partial charge on any atom is 0.338 e. The SMILES string of the molecule is CCOc1ccc(-c2nn(-c3ccccc3)cc2/C=c2\sc3n(c2=O)[C@@H](c2ccc(OC(C)=O)c(OC)c2)C(C(=O)OC)=C(C)N=3)cc1. The topological polar surface area (TPSA) is 123 Å². The van der Waals surface area contributed by atoms with E-state index in [-0.39, 0.29) is 22.6 Å². The minimum atomic E-state index is -0.895. The van der Waals surface area contributed by atoms with E-state index >= 15 is 0 Å². The molecule has 0 fully saturated rings. The van der Waals surface area contributed by atoms with Crippen LogP contribution in [-0.4, -0.2) is 47.1 Å². The molecule has 12 heteroatoms. The fraction of sp³-hybridized carbons (Fsp3) is 0.194. The minimum Gasteiger partial charge on any atom is -0.494 e. The Morgan fingerprint density at radius 3 is 2.42 bits per heavy atom. The quantitative estimate of drug-likeness (QED) is 0.166. The number of benzene rings is 3. The molecule has 0 radical (unpaired) electrons. The van der Waals surface area contributed by atoms with Crippen LogP contribution in [0, 0.1) is 0 Å². The lowest BCUT2D eigenvalue weighted by Crippen LogP contribution is -2.39. The van der Waals surface area contributed by atoms with E-state index in [0.29, 0.717) is 38.5 Å². The van der Waals surface area contributed by atoms with Crippen molar-refractivity contribution in [2.45, 2.75) is 26.8 Å². The Bertz CT molecular complexity index is 2230. The number of rotatable bonds is 9. The Balaban J connectivity index is 1.54. The Kier molecular flexibility index (Phi) is 9.08. The molecule has 0 amide bonds. The molecule has 0 unspecified atom stereocenters. The maximum atomic E-state index is 14.3. The van der Waals surface area contributed by atoms with Gasteiger partial charge >= 0.3 is 11.9 Å². The third-order valence-electron chi connectivity index (χ3n) is 7.67.